The molecule has 0 bridgehead atoms. The molecular weight excluding hydrogens is 304 g/mol. The van der Waals surface area contributed by atoms with Crippen molar-refractivity contribution in [3.05, 3.63) is 47.7 Å². The van der Waals surface area contributed by atoms with Crippen molar-refractivity contribution in [2.24, 2.45) is 0 Å². The predicted octanol–water partition coefficient (Wildman–Crippen LogP) is 1.11. The molecule has 3 N–H and O–H groups in total. The van der Waals surface area contributed by atoms with E-state index in [1.54, 1.807) is 13.1 Å². The second-order valence-electron chi connectivity index (χ2n) is 5.43. The van der Waals surface area contributed by atoms with E-state index >= 15 is 0 Å². The number of nitrogens with one attached hydrogen (secondary N) is 2. The van der Waals surface area contributed by atoms with Crippen LogP contribution >= 0.6 is 0 Å². The minimum Gasteiger partial charge on any atom is -0.369 e. The summed E-state index contributed by atoms with van der Waals surface area (Å²) >= 11 is 0. The zero-order valence-corrected chi connectivity index (χ0v) is 12.5. The first-order chi connectivity index (χ1) is 11.0. The Labute approximate surface area is 132 Å². The van der Waals surface area contributed by atoms with Gasteiger partial charge in [0.25, 0.3) is 0 Å². The molecule has 1 saturated heterocycles. The number of hydrogen-bond acceptors (Lipinski definition) is 4. The van der Waals surface area contributed by atoms with Crippen molar-refractivity contribution in [1.29, 1.82) is 0 Å². The van der Waals surface area contributed by atoms with Crippen LogP contribution in [0.3, 0.4) is 0 Å². The Bertz CT molecular complexity index is 703. The molecule has 1 aromatic carbocycles. The Kier molecular flexibility index (Phi) is 4.14. The van der Waals surface area contributed by atoms with Crippen LogP contribution in [0.2, 0.25) is 0 Å². The monoisotopic (exact) mass is 321 g/mol. The van der Waals surface area contributed by atoms with Crippen LogP contribution in [0.1, 0.15) is 12.0 Å². The van der Waals surface area contributed by atoms with Crippen LogP contribution < -0.4 is 15.5 Å². The molecule has 1 aromatic rings. The maximum Gasteiger partial charge on any atom is 0.244 e. The van der Waals surface area contributed by atoms with Crippen LogP contribution in [-0.4, -0.2) is 36.9 Å². The Balaban J connectivity index is 1.97. The van der Waals surface area contributed by atoms with Gasteiger partial charge in [0, 0.05) is 17.7 Å². The summed E-state index contributed by atoms with van der Waals surface area (Å²) in [5.74, 6) is -2.44. The Morgan fingerprint density at radius 2 is 2.13 bits per heavy atom. The molecule has 0 aliphatic carbocycles. The third-order valence-electron chi connectivity index (χ3n) is 4.14. The number of anilines is 1. The molecule has 1 amide bonds. The molecule has 7 heteroatoms. The van der Waals surface area contributed by atoms with E-state index in [0.717, 1.165) is 0 Å². The van der Waals surface area contributed by atoms with Crippen LogP contribution in [0, 0.1) is 11.6 Å². The van der Waals surface area contributed by atoms with Crippen molar-refractivity contribution in [3.8, 4) is 0 Å². The fourth-order valence-corrected chi connectivity index (χ4v) is 2.87. The zero-order valence-electron chi connectivity index (χ0n) is 12.5. The lowest BCUT2D eigenvalue weighted by Crippen LogP contribution is -2.36. The van der Waals surface area contributed by atoms with Gasteiger partial charge in [-0.05, 0) is 37.9 Å². The van der Waals surface area contributed by atoms with Gasteiger partial charge in [-0.3, -0.25) is 4.79 Å². The average molecular weight is 321 g/mol. The number of nitrogens with zero attached hydrogens (tertiary/aromatic N) is 1. The number of likely N-dealkylation sites (N-methyl/N-ethyl adjacent to an activating group) is 1. The predicted molar refractivity (Wildman–Crippen MR) is 82.4 cm³/mol. The fraction of sp³-hybridized carbons (Fsp3) is 0.312. The second kappa shape index (κ2) is 6.10. The van der Waals surface area contributed by atoms with Crippen LogP contribution in [-0.2, 0) is 4.79 Å². The lowest BCUT2D eigenvalue weighted by molar-refractivity contribution is -0.118. The number of amides is 1. The highest BCUT2D eigenvalue weighted by molar-refractivity contribution is 5.99. The molecule has 2 heterocycles. The van der Waals surface area contributed by atoms with E-state index in [1.165, 1.54) is 29.3 Å². The van der Waals surface area contributed by atoms with Gasteiger partial charge in [0.2, 0.25) is 5.91 Å². The molecule has 1 fully saturated rings. The van der Waals surface area contributed by atoms with Gasteiger partial charge in [-0.1, -0.05) is 6.08 Å². The van der Waals surface area contributed by atoms with Gasteiger partial charge >= 0.3 is 0 Å². The maximum absolute atomic E-state index is 14.5. The van der Waals surface area contributed by atoms with Gasteiger partial charge in [-0.25, -0.2) is 8.78 Å². The molecule has 2 atom stereocenters. The van der Waals surface area contributed by atoms with E-state index in [2.05, 4.69) is 10.6 Å². The van der Waals surface area contributed by atoms with Gasteiger partial charge in [0.1, 0.15) is 0 Å². The molecular formula is C16H17F2N3O2. The summed E-state index contributed by atoms with van der Waals surface area (Å²) in [4.78, 5) is 13.4. The van der Waals surface area contributed by atoms with Crippen molar-refractivity contribution < 1.29 is 18.7 Å². The summed E-state index contributed by atoms with van der Waals surface area (Å²) in [6, 6.07) is 2.37. The third-order valence-corrected chi connectivity index (χ3v) is 4.14. The maximum atomic E-state index is 14.5. The summed E-state index contributed by atoms with van der Waals surface area (Å²) in [5.41, 5.74) is 0.118. The number of rotatable bonds is 3. The molecule has 0 aromatic heterocycles. The number of aliphatic hydroxyl groups excluding tert-OH is 1. The number of hydrogen-bond donors (Lipinski definition) is 3. The molecule has 2 aliphatic heterocycles. The molecule has 0 radical (unpaired) electrons. The highest BCUT2D eigenvalue weighted by Gasteiger charge is 2.34. The van der Waals surface area contributed by atoms with E-state index in [-0.39, 0.29) is 28.8 Å². The molecule has 2 unspecified atom stereocenters. The lowest BCUT2D eigenvalue weighted by atomic mass is 10.0. The largest absolute Gasteiger partial charge is 0.369 e. The molecule has 23 heavy (non-hydrogen) atoms. The number of dihydropyridines is 1. The van der Waals surface area contributed by atoms with Gasteiger partial charge in [0.05, 0.1) is 11.7 Å². The molecule has 2 aliphatic rings. The molecule has 122 valence electrons. The number of carbonyl (C=O) groups is 1. The first-order valence-corrected chi connectivity index (χ1v) is 7.32. The summed E-state index contributed by atoms with van der Waals surface area (Å²) in [6.07, 6.45) is 4.04. The standard InChI is InChI=1S/C16H17F2N3O2/c1-19-11-6-8-21(16(11)23)12-5-4-9(13(17)14(12)18)10-3-2-7-20-15(10)22/h2-5,7,11,15,19-20,22H,6,8H2,1H3. The average Bonchev–Trinajstić information content (AvgIpc) is 2.92. The molecule has 5 nitrogen and oxygen atoms in total. The molecule has 0 saturated carbocycles. The first-order valence-electron chi connectivity index (χ1n) is 7.32. The summed E-state index contributed by atoms with van der Waals surface area (Å²) in [6.45, 7) is 0.329. The summed E-state index contributed by atoms with van der Waals surface area (Å²) in [5, 5.41) is 15.3. The normalized spacial score (nSPS) is 23.9. The SMILES string of the molecule is CNC1CCN(c2ccc(C3=CC=CNC3O)c(F)c2F)C1=O. The Morgan fingerprint density at radius 3 is 2.78 bits per heavy atom. The smallest absolute Gasteiger partial charge is 0.244 e. The van der Waals surface area contributed by atoms with E-state index in [9.17, 15) is 18.7 Å². The van der Waals surface area contributed by atoms with Crippen LogP contribution in [0.5, 0.6) is 0 Å². The van der Waals surface area contributed by atoms with E-state index in [1.807, 2.05) is 0 Å². The van der Waals surface area contributed by atoms with Gasteiger partial charge < -0.3 is 20.6 Å². The molecule has 3 rings (SSSR count). The van der Waals surface area contributed by atoms with Gasteiger partial charge in [-0.15, -0.1) is 0 Å². The summed E-state index contributed by atoms with van der Waals surface area (Å²) < 4.78 is 28.9. The van der Waals surface area contributed by atoms with Crippen molar-refractivity contribution >= 4 is 17.2 Å². The van der Waals surface area contributed by atoms with E-state index < -0.39 is 17.9 Å². The van der Waals surface area contributed by atoms with Crippen molar-refractivity contribution in [3.63, 3.8) is 0 Å². The summed E-state index contributed by atoms with van der Waals surface area (Å²) in [7, 11) is 1.66. The van der Waals surface area contributed by atoms with Crippen LogP contribution in [0.15, 0.2) is 30.5 Å². The number of carbonyl (C=O) groups excluding carboxylic acids is 1. The fourth-order valence-electron chi connectivity index (χ4n) is 2.87. The van der Waals surface area contributed by atoms with E-state index in [4.69, 9.17) is 0 Å². The van der Waals surface area contributed by atoms with Crippen LogP contribution in [0.4, 0.5) is 14.5 Å². The van der Waals surface area contributed by atoms with Crippen molar-refractivity contribution in [2.75, 3.05) is 18.5 Å². The van der Waals surface area contributed by atoms with Gasteiger partial charge in [-0.2, -0.15) is 0 Å². The Hall–Kier alpha value is -2.25. The molecule has 0 spiro atoms. The topological polar surface area (TPSA) is 64.6 Å². The number of benzene rings is 1. The zero-order chi connectivity index (χ0) is 16.6. The van der Waals surface area contributed by atoms with E-state index in [0.29, 0.717) is 13.0 Å². The second-order valence-corrected chi connectivity index (χ2v) is 5.43. The Morgan fingerprint density at radius 1 is 1.35 bits per heavy atom. The quantitative estimate of drug-likeness (QED) is 0.780. The number of allylic oxidation sites excluding steroid dienone is 2. The minimum atomic E-state index is -1.11. The van der Waals surface area contributed by atoms with Crippen molar-refractivity contribution in [2.45, 2.75) is 18.7 Å². The number of halogens is 2. The minimum absolute atomic E-state index is 0.0348. The lowest BCUT2D eigenvalue weighted by Gasteiger charge is -2.22. The highest BCUT2D eigenvalue weighted by Crippen LogP contribution is 2.31. The third kappa shape index (κ3) is 2.62. The van der Waals surface area contributed by atoms with Crippen LogP contribution in [0.25, 0.3) is 5.57 Å². The number of aliphatic hydroxyl groups is 1. The first kappa shape index (κ1) is 15.6. The highest BCUT2D eigenvalue weighted by atomic mass is 19.2. The van der Waals surface area contributed by atoms with Crippen molar-refractivity contribution in [1.82, 2.24) is 10.6 Å². The van der Waals surface area contributed by atoms with Gasteiger partial charge in [0.15, 0.2) is 17.9 Å².